The molecule has 8 heteroatoms. The molecule has 0 aromatic carbocycles. The van der Waals surface area contributed by atoms with Gasteiger partial charge in [-0.05, 0) is 68.1 Å². The van der Waals surface area contributed by atoms with E-state index in [9.17, 15) is 18.0 Å². The molecular weight excluding hydrogens is 359 g/mol. The zero-order valence-electron chi connectivity index (χ0n) is 15.2. The molecule has 1 aromatic rings. The van der Waals surface area contributed by atoms with E-state index in [2.05, 4.69) is 10.2 Å². The summed E-state index contributed by atoms with van der Waals surface area (Å²) in [6.07, 6.45) is 4.07. The van der Waals surface area contributed by atoms with Gasteiger partial charge in [-0.15, -0.1) is 10.2 Å². The van der Waals surface area contributed by atoms with Crippen molar-refractivity contribution in [1.82, 2.24) is 14.8 Å². The van der Waals surface area contributed by atoms with E-state index in [0.717, 1.165) is 24.2 Å². The van der Waals surface area contributed by atoms with Gasteiger partial charge in [-0.3, -0.25) is 4.57 Å². The minimum absolute atomic E-state index is 0.203. The third kappa shape index (κ3) is 3.05. The molecule has 27 heavy (non-hydrogen) atoms. The van der Waals surface area contributed by atoms with Gasteiger partial charge >= 0.3 is 12.1 Å². The van der Waals surface area contributed by atoms with Crippen molar-refractivity contribution in [1.29, 1.82) is 0 Å². The standard InChI is InChI=1S/C19H24F3N3O2/c20-19(21,22)17(26)27-16-3-1-2-14-23-24-15(25(14)16)10-18-7-11-4-12(8-18)6-13(5-11)9-18/h11-13,16H,1-10H2. The van der Waals surface area contributed by atoms with E-state index in [0.29, 0.717) is 30.9 Å². The minimum atomic E-state index is -4.98. The van der Waals surface area contributed by atoms with Crippen LogP contribution in [0.15, 0.2) is 0 Å². The van der Waals surface area contributed by atoms with Gasteiger partial charge in [0.25, 0.3) is 0 Å². The molecule has 0 saturated heterocycles. The summed E-state index contributed by atoms with van der Waals surface area (Å²) in [4.78, 5) is 11.4. The summed E-state index contributed by atoms with van der Waals surface area (Å²) in [5.74, 6) is 1.58. The van der Waals surface area contributed by atoms with Crippen LogP contribution in [0.25, 0.3) is 0 Å². The Hall–Kier alpha value is -1.60. The summed E-state index contributed by atoms with van der Waals surface area (Å²) in [7, 11) is 0. The number of rotatable bonds is 3. The number of alkyl halides is 3. The minimum Gasteiger partial charge on any atom is -0.434 e. The van der Waals surface area contributed by atoms with Gasteiger partial charge in [0.2, 0.25) is 0 Å². The fourth-order valence-electron chi connectivity index (χ4n) is 6.69. The van der Waals surface area contributed by atoms with Gasteiger partial charge in [0.05, 0.1) is 0 Å². The molecule has 1 aliphatic heterocycles. The quantitative estimate of drug-likeness (QED) is 0.741. The molecule has 2 heterocycles. The Labute approximate surface area is 155 Å². The van der Waals surface area contributed by atoms with Gasteiger partial charge in [-0.25, -0.2) is 4.79 Å². The number of halogens is 3. The number of carbonyl (C=O) groups is 1. The number of carbonyl (C=O) groups excluding carboxylic acids is 1. The highest BCUT2D eigenvalue weighted by Gasteiger charge is 2.51. The van der Waals surface area contributed by atoms with Crippen LogP contribution in [0.3, 0.4) is 0 Å². The zero-order chi connectivity index (χ0) is 18.8. The Morgan fingerprint density at radius 1 is 1.11 bits per heavy atom. The van der Waals surface area contributed by atoms with Crippen LogP contribution in [-0.2, 0) is 22.4 Å². The second-order valence-electron chi connectivity index (χ2n) is 9.25. The van der Waals surface area contributed by atoms with Crippen LogP contribution >= 0.6 is 0 Å². The molecule has 1 atom stereocenters. The monoisotopic (exact) mass is 383 g/mol. The Bertz CT molecular complexity index is 723. The van der Waals surface area contributed by atoms with Gasteiger partial charge in [0.15, 0.2) is 6.23 Å². The molecule has 4 fully saturated rings. The normalized spacial score (nSPS) is 37.3. The molecular formula is C19H24F3N3O2. The molecule has 148 valence electrons. The van der Waals surface area contributed by atoms with Crippen molar-refractivity contribution in [3.63, 3.8) is 0 Å². The molecule has 5 nitrogen and oxygen atoms in total. The number of fused-ring (bicyclic) bond motifs is 1. The average Bonchev–Trinajstić information content (AvgIpc) is 2.96. The van der Waals surface area contributed by atoms with Crippen molar-refractivity contribution in [3.8, 4) is 0 Å². The third-order valence-corrected chi connectivity index (χ3v) is 7.15. The average molecular weight is 383 g/mol. The van der Waals surface area contributed by atoms with Crippen LogP contribution in [0.2, 0.25) is 0 Å². The fourth-order valence-corrected chi connectivity index (χ4v) is 6.69. The summed E-state index contributed by atoms with van der Waals surface area (Å²) in [5, 5.41) is 8.55. The number of hydrogen-bond acceptors (Lipinski definition) is 4. The predicted molar refractivity (Wildman–Crippen MR) is 88.5 cm³/mol. The molecule has 1 unspecified atom stereocenters. The number of aryl methyl sites for hydroxylation is 1. The Balaban J connectivity index is 1.41. The van der Waals surface area contributed by atoms with Crippen molar-refractivity contribution in [2.24, 2.45) is 23.2 Å². The largest absolute Gasteiger partial charge is 0.491 e. The molecule has 0 radical (unpaired) electrons. The van der Waals surface area contributed by atoms with Crippen LogP contribution in [0, 0.1) is 23.2 Å². The summed E-state index contributed by atoms with van der Waals surface area (Å²) < 4.78 is 44.5. The lowest BCUT2D eigenvalue weighted by molar-refractivity contribution is -0.210. The summed E-state index contributed by atoms with van der Waals surface area (Å²) in [6, 6.07) is 0. The first-order valence-electron chi connectivity index (χ1n) is 10.0. The van der Waals surface area contributed by atoms with E-state index in [1.54, 1.807) is 4.57 Å². The van der Waals surface area contributed by atoms with Crippen molar-refractivity contribution in [2.75, 3.05) is 0 Å². The lowest BCUT2D eigenvalue weighted by atomic mass is 9.49. The molecule has 4 saturated carbocycles. The number of nitrogens with zero attached hydrogens (tertiary/aromatic N) is 3. The number of ether oxygens (including phenoxy) is 1. The molecule has 6 rings (SSSR count). The molecule has 5 aliphatic rings. The molecule has 0 amide bonds. The lowest BCUT2D eigenvalue weighted by Gasteiger charge is -2.56. The highest BCUT2D eigenvalue weighted by atomic mass is 19.4. The molecule has 1 aromatic heterocycles. The first-order chi connectivity index (χ1) is 12.8. The second-order valence-corrected chi connectivity index (χ2v) is 9.25. The van der Waals surface area contributed by atoms with Crippen molar-refractivity contribution >= 4 is 5.97 Å². The smallest absolute Gasteiger partial charge is 0.434 e. The number of aromatic nitrogens is 3. The third-order valence-electron chi connectivity index (χ3n) is 7.15. The maximum absolute atomic E-state index is 12.7. The van der Waals surface area contributed by atoms with E-state index in [4.69, 9.17) is 4.74 Å². The van der Waals surface area contributed by atoms with Gasteiger partial charge in [-0.1, -0.05) is 0 Å². The summed E-state index contributed by atoms with van der Waals surface area (Å²) in [6.45, 7) is 0. The maximum atomic E-state index is 12.7. The Morgan fingerprint density at radius 2 is 1.74 bits per heavy atom. The second kappa shape index (κ2) is 5.95. The van der Waals surface area contributed by atoms with E-state index in [-0.39, 0.29) is 5.41 Å². The van der Waals surface area contributed by atoms with Crippen LogP contribution in [0.5, 0.6) is 0 Å². The first kappa shape index (κ1) is 17.5. The van der Waals surface area contributed by atoms with E-state index in [1.807, 2.05) is 0 Å². The van der Waals surface area contributed by atoms with Crippen molar-refractivity contribution in [2.45, 2.75) is 76.6 Å². The van der Waals surface area contributed by atoms with Crippen LogP contribution in [0.4, 0.5) is 13.2 Å². The van der Waals surface area contributed by atoms with Gasteiger partial charge < -0.3 is 4.74 Å². The Kier molecular flexibility index (Phi) is 3.85. The first-order valence-corrected chi connectivity index (χ1v) is 10.0. The molecule has 4 bridgehead atoms. The van der Waals surface area contributed by atoms with Crippen LogP contribution in [-0.4, -0.2) is 26.9 Å². The SMILES string of the molecule is O=C(OC1CCCc2nnc(CC34CC5CC(CC(C5)C3)C4)n21)C(F)(F)F. The van der Waals surface area contributed by atoms with Gasteiger partial charge in [-0.2, -0.15) is 13.2 Å². The predicted octanol–water partition coefficient (Wildman–Crippen LogP) is 3.98. The highest BCUT2D eigenvalue weighted by Crippen LogP contribution is 2.61. The molecule has 0 spiro atoms. The summed E-state index contributed by atoms with van der Waals surface area (Å²) >= 11 is 0. The van der Waals surface area contributed by atoms with Gasteiger partial charge in [0, 0.05) is 19.3 Å². The van der Waals surface area contributed by atoms with Crippen LogP contribution < -0.4 is 0 Å². The van der Waals surface area contributed by atoms with E-state index < -0.39 is 18.4 Å². The van der Waals surface area contributed by atoms with E-state index >= 15 is 0 Å². The van der Waals surface area contributed by atoms with Crippen LogP contribution in [0.1, 0.15) is 69.2 Å². The zero-order valence-corrected chi connectivity index (χ0v) is 15.2. The Morgan fingerprint density at radius 3 is 2.33 bits per heavy atom. The van der Waals surface area contributed by atoms with Crippen molar-refractivity contribution in [3.05, 3.63) is 11.6 Å². The van der Waals surface area contributed by atoms with Crippen molar-refractivity contribution < 1.29 is 22.7 Å². The van der Waals surface area contributed by atoms with E-state index in [1.165, 1.54) is 38.5 Å². The summed E-state index contributed by atoms with van der Waals surface area (Å²) in [5.41, 5.74) is 0.203. The number of esters is 1. The lowest BCUT2D eigenvalue weighted by Crippen LogP contribution is -2.47. The topological polar surface area (TPSA) is 57.0 Å². The maximum Gasteiger partial charge on any atom is 0.491 e. The van der Waals surface area contributed by atoms with Gasteiger partial charge in [0.1, 0.15) is 11.6 Å². The highest BCUT2D eigenvalue weighted by molar-refractivity contribution is 5.75. The molecule has 4 aliphatic carbocycles. The fraction of sp³-hybridized carbons (Fsp3) is 0.842. The number of hydrogen-bond donors (Lipinski definition) is 0. The molecule has 0 N–H and O–H groups in total.